The lowest BCUT2D eigenvalue weighted by molar-refractivity contribution is 0.102. The molecule has 0 aliphatic rings. The second-order valence-corrected chi connectivity index (χ2v) is 6.50. The number of carbonyl (C=O) groups excluding carboxylic acids is 1. The van der Waals surface area contributed by atoms with Crippen molar-refractivity contribution in [3.63, 3.8) is 0 Å². The molecule has 3 rings (SSSR count). The van der Waals surface area contributed by atoms with Gasteiger partial charge in [0, 0.05) is 20.2 Å². The smallest absolute Gasteiger partial charge is 0.255 e. The molecule has 0 fully saturated rings. The van der Waals surface area contributed by atoms with Crippen LogP contribution >= 0.6 is 31.9 Å². The van der Waals surface area contributed by atoms with Gasteiger partial charge in [0.2, 0.25) is 0 Å². The number of hydrogen-bond acceptors (Lipinski definition) is 1. The Morgan fingerprint density at radius 2 is 1.38 bits per heavy atom. The maximum absolute atomic E-state index is 12.3. The molecule has 0 saturated heterocycles. The summed E-state index contributed by atoms with van der Waals surface area (Å²) in [5, 5.41) is 5.04. The monoisotopic (exact) mass is 403 g/mol. The van der Waals surface area contributed by atoms with Crippen molar-refractivity contribution in [1.82, 2.24) is 0 Å². The maximum atomic E-state index is 12.3. The number of rotatable bonds is 2. The van der Waals surface area contributed by atoms with E-state index in [4.69, 9.17) is 0 Å². The Morgan fingerprint density at radius 3 is 2.14 bits per heavy atom. The van der Waals surface area contributed by atoms with Crippen LogP contribution in [0.2, 0.25) is 0 Å². The van der Waals surface area contributed by atoms with Crippen molar-refractivity contribution >= 4 is 54.2 Å². The molecule has 0 heterocycles. The molecule has 4 heteroatoms. The molecular formula is C17H11Br2NO. The van der Waals surface area contributed by atoms with Crippen LogP contribution in [0.3, 0.4) is 0 Å². The zero-order valence-corrected chi connectivity index (χ0v) is 14.1. The van der Waals surface area contributed by atoms with E-state index in [0.29, 0.717) is 5.56 Å². The summed E-state index contributed by atoms with van der Waals surface area (Å²) in [6, 6.07) is 19.2. The molecule has 0 bridgehead atoms. The number of anilines is 1. The molecule has 21 heavy (non-hydrogen) atoms. The number of nitrogens with one attached hydrogen (secondary N) is 1. The van der Waals surface area contributed by atoms with Crippen LogP contribution in [-0.2, 0) is 0 Å². The van der Waals surface area contributed by atoms with Gasteiger partial charge in [-0.2, -0.15) is 0 Å². The van der Waals surface area contributed by atoms with Crippen molar-refractivity contribution < 1.29 is 4.79 Å². The standard InChI is InChI=1S/C17H11Br2NO/c18-14-5-7-16(8-6-14)20-17(21)13-2-1-12-10-15(19)4-3-11(12)9-13/h1-10H,(H,20,21). The highest BCUT2D eigenvalue weighted by Crippen LogP contribution is 2.22. The molecule has 0 aliphatic heterocycles. The SMILES string of the molecule is O=C(Nc1ccc(Br)cc1)c1ccc2cc(Br)ccc2c1. The topological polar surface area (TPSA) is 29.1 Å². The van der Waals surface area contributed by atoms with Crippen molar-refractivity contribution in [2.24, 2.45) is 0 Å². The van der Waals surface area contributed by atoms with Gasteiger partial charge in [0.15, 0.2) is 0 Å². The fraction of sp³-hybridized carbons (Fsp3) is 0. The Balaban J connectivity index is 1.87. The highest BCUT2D eigenvalue weighted by atomic mass is 79.9. The third kappa shape index (κ3) is 3.34. The van der Waals surface area contributed by atoms with Crippen LogP contribution in [0.1, 0.15) is 10.4 Å². The van der Waals surface area contributed by atoms with E-state index in [2.05, 4.69) is 37.2 Å². The predicted molar refractivity (Wildman–Crippen MR) is 93.7 cm³/mol. The van der Waals surface area contributed by atoms with Gasteiger partial charge < -0.3 is 5.32 Å². The summed E-state index contributed by atoms with van der Waals surface area (Å²) in [5.74, 6) is -0.109. The van der Waals surface area contributed by atoms with Crippen molar-refractivity contribution in [2.45, 2.75) is 0 Å². The largest absolute Gasteiger partial charge is 0.322 e. The quantitative estimate of drug-likeness (QED) is 0.590. The van der Waals surface area contributed by atoms with Gasteiger partial charge in [0.25, 0.3) is 5.91 Å². The van der Waals surface area contributed by atoms with E-state index in [0.717, 1.165) is 25.4 Å². The molecule has 3 aromatic carbocycles. The van der Waals surface area contributed by atoms with Crippen LogP contribution in [0.5, 0.6) is 0 Å². The van der Waals surface area contributed by atoms with E-state index >= 15 is 0 Å². The summed E-state index contributed by atoms with van der Waals surface area (Å²) in [4.78, 5) is 12.3. The Hall–Kier alpha value is -1.65. The summed E-state index contributed by atoms with van der Waals surface area (Å²) in [6.45, 7) is 0. The Bertz CT molecular complexity index is 813. The van der Waals surface area contributed by atoms with Gasteiger partial charge >= 0.3 is 0 Å². The Morgan fingerprint density at radius 1 is 0.762 bits per heavy atom. The molecule has 2 nitrogen and oxygen atoms in total. The van der Waals surface area contributed by atoms with E-state index < -0.39 is 0 Å². The third-order valence-electron chi connectivity index (χ3n) is 3.17. The minimum atomic E-state index is -0.109. The summed E-state index contributed by atoms with van der Waals surface area (Å²) < 4.78 is 2.01. The maximum Gasteiger partial charge on any atom is 0.255 e. The molecule has 0 aromatic heterocycles. The lowest BCUT2D eigenvalue weighted by atomic mass is 10.1. The number of amides is 1. The number of benzene rings is 3. The minimum Gasteiger partial charge on any atom is -0.322 e. The molecule has 0 aliphatic carbocycles. The first-order valence-electron chi connectivity index (χ1n) is 6.38. The van der Waals surface area contributed by atoms with Crippen molar-refractivity contribution in [3.8, 4) is 0 Å². The molecule has 104 valence electrons. The van der Waals surface area contributed by atoms with E-state index in [1.165, 1.54) is 0 Å². The molecule has 1 amide bonds. The van der Waals surface area contributed by atoms with Gasteiger partial charge in [-0.25, -0.2) is 0 Å². The zero-order valence-electron chi connectivity index (χ0n) is 10.9. The van der Waals surface area contributed by atoms with E-state index in [1.54, 1.807) is 0 Å². The molecule has 0 atom stereocenters. The second-order valence-electron chi connectivity index (χ2n) is 4.67. The first-order chi connectivity index (χ1) is 10.1. The van der Waals surface area contributed by atoms with Crippen molar-refractivity contribution in [1.29, 1.82) is 0 Å². The molecule has 0 saturated carbocycles. The molecule has 1 N–H and O–H groups in total. The fourth-order valence-corrected chi connectivity index (χ4v) is 2.74. The van der Waals surface area contributed by atoms with Crippen LogP contribution in [0.4, 0.5) is 5.69 Å². The average Bonchev–Trinajstić information content (AvgIpc) is 2.49. The fourth-order valence-electron chi connectivity index (χ4n) is 2.09. The minimum absolute atomic E-state index is 0.109. The normalized spacial score (nSPS) is 10.6. The van der Waals surface area contributed by atoms with Gasteiger partial charge in [-0.1, -0.05) is 44.0 Å². The highest BCUT2D eigenvalue weighted by Gasteiger charge is 2.07. The van der Waals surface area contributed by atoms with Crippen LogP contribution < -0.4 is 5.32 Å². The number of fused-ring (bicyclic) bond motifs is 1. The predicted octanol–water partition coefficient (Wildman–Crippen LogP) is 5.62. The molecule has 0 spiro atoms. The van der Waals surface area contributed by atoms with Crippen LogP contribution in [0, 0.1) is 0 Å². The highest BCUT2D eigenvalue weighted by molar-refractivity contribution is 9.10. The summed E-state index contributed by atoms with van der Waals surface area (Å²) in [6.07, 6.45) is 0. The number of halogens is 2. The van der Waals surface area contributed by atoms with Gasteiger partial charge in [-0.15, -0.1) is 0 Å². The van der Waals surface area contributed by atoms with Crippen LogP contribution in [-0.4, -0.2) is 5.91 Å². The number of hydrogen-bond donors (Lipinski definition) is 1. The summed E-state index contributed by atoms with van der Waals surface area (Å²) in [5.41, 5.74) is 1.42. The van der Waals surface area contributed by atoms with E-state index in [9.17, 15) is 4.79 Å². The molecular weight excluding hydrogens is 394 g/mol. The lowest BCUT2D eigenvalue weighted by Crippen LogP contribution is -2.11. The average molecular weight is 405 g/mol. The van der Waals surface area contributed by atoms with Gasteiger partial charge in [-0.05, 0) is 59.3 Å². The first-order valence-corrected chi connectivity index (χ1v) is 7.97. The first kappa shape index (κ1) is 14.3. The number of carbonyl (C=O) groups is 1. The van der Waals surface area contributed by atoms with Gasteiger partial charge in [0.05, 0.1) is 0 Å². The molecule has 3 aromatic rings. The van der Waals surface area contributed by atoms with E-state index in [-0.39, 0.29) is 5.91 Å². The Labute approximate surface area is 139 Å². The molecule has 0 radical (unpaired) electrons. The Kier molecular flexibility index (Phi) is 4.08. The second kappa shape index (κ2) is 6.00. The van der Waals surface area contributed by atoms with Crippen molar-refractivity contribution in [2.75, 3.05) is 5.32 Å². The van der Waals surface area contributed by atoms with Gasteiger partial charge in [-0.3, -0.25) is 4.79 Å². The molecule has 0 unspecified atom stereocenters. The third-order valence-corrected chi connectivity index (χ3v) is 4.19. The van der Waals surface area contributed by atoms with Crippen LogP contribution in [0.15, 0.2) is 69.6 Å². The lowest BCUT2D eigenvalue weighted by Gasteiger charge is -2.07. The van der Waals surface area contributed by atoms with Gasteiger partial charge in [0.1, 0.15) is 0 Å². The van der Waals surface area contributed by atoms with E-state index in [1.807, 2.05) is 60.7 Å². The summed E-state index contributed by atoms with van der Waals surface area (Å²) in [7, 11) is 0. The zero-order chi connectivity index (χ0) is 14.8. The van der Waals surface area contributed by atoms with Crippen LogP contribution in [0.25, 0.3) is 10.8 Å². The summed E-state index contributed by atoms with van der Waals surface area (Å²) >= 11 is 6.82. The van der Waals surface area contributed by atoms with Crippen molar-refractivity contribution in [3.05, 3.63) is 75.2 Å².